The number of rotatable bonds is 5. The van der Waals surface area contributed by atoms with Crippen molar-refractivity contribution in [1.29, 1.82) is 0 Å². The van der Waals surface area contributed by atoms with Crippen LogP contribution in [0.25, 0.3) is 0 Å². The number of hydrogen-bond acceptors (Lipinski definition) is 4. The maximum Gasteiger partial charge on any atom is 0.338 e. The van der Waals surface area contributed by atoms with Crippen molar-refractivity contribution in [2.75, 3.05) is 6.61 Å². The third-order valence-corrected chi connectivity index (χ3v) is 10.9. The first-order valence-corrected chi connectivity index (χ1v) is 14.3. The molecule has 37 heavy (non-hydrogen) atoms. The van der Waals surface area contributed by atoms with Crippen LogP contribution in [0.5, 0.6) is 0 Å². The van der Waals surface area contributed by atoms with Crippen molar-refractivity contribution < 1.29 is 19.1 Å². The van der Waals surface area contributed by atoms with Crippen molar-refractivity contribution in [2.45, 2.75) is 86.2 Å². The molecular weight excluding hydrogens is 460 g/mol. The lowest BCUT2D eigenvalue weighted by atomic mass is 9.46. The minimum atomic E-state index is -0.210. The fourth-order valence-electron chi connectivity index (χ4n) is 8.99. The molecule has 4 heteroatoms. The molecule has 0 bridgehead atoms. The van der Waals surface area contributed by atoms with Gasteiger partial charge < -0.3 is 9.47 Å². The first kappa shape index (κ1) is 26.3. The van der Waals surface area contributed by atoms with Gasteiger partial charge in [0.05, 0.1) is 12.2 Å². The maximum absolute atomic E-state index is 12.9. The van der Waals surface area contributed by atoms with E-state index in [0.29, 0.717) is 35.8 Å². The summed E-state index contributed by atoms with van der Waals surface area (Å²) >= 11 is 0. The van der Waals surface area contributed by atoms with Gasteiger partial charge in [0.15, 0.2) is 0 Å². The topological polar surface area (TPSA) is 52.6 Å². The molecule has 7 atom stereocenters. The highest BCUT2D eigenvalue weighted by molar-refractivity contribution is 5.89. The molecule has 2 saturated carbocycles. The Labute approximate surface area is 222 Å². The molecule has 1 aromatic rings. The van der Waals surface area contributed by atoms with Gasteiger partial charge in [-0.05, 0) is 90.7 Å². The summed E-state index contributed by atoms with van der Waals surface area (Å²) in [5, 5.41) is 0. The van der Waals surface area contributed by atoms with E-state index >= 15 is 0 Å². The minimum absolute atomic E-state index is 0.0935. The van der Waals surface area contributed by atoms with Gasteiger partial charge in [-0.1, -0.05) is 70.5 Å². The van der Waals surface area contributed by atoms with Crippen LogP contribution in [0.4, 0.5) is 0 Å². The Hall–Kier alpha value is -2.36. The van der Waals surface area contributed by atoms with Crippen LogP contribution >= 0.6 is 0 Å². The zero-order chi connectivity index (χ0) is 26.6. The third-order valence-electron chi connectivity index (χ3n) is 10.9. The van der Waals surface area contributed by atoms with E-state index < -0.39 is 0 Å². The Bertz CT molecular complexity index is 1110. The number of carbonyl (C=O) groups is 2. The summed E-state index contributed by atoms with van der Waals surface area (Å²) < 4.78 is 11.6. The Morgan fingerprint density at radius 3 is 2.46 bits per heavy atom. The molecule has 0 radical (unpaired) electrons. The second kappa shape index (κ2) is 9.43. The first-order valence-electron chi connectivity index (χ1n) is 14.3. The van der Waals surface area contributed by atoms with Crippen LogP contribution in [-0.2, 0) is 14.3 Å². The van der Waals surface area contributed by atoms with Crippen LogP contribution in [-0.4, -0.2) is 24.6 Å². The van der Waals surface area contributed by atoms with Crippen LogP contribution in [0, 0.1) is 39.9 Å². The first-order chi connectivity index (χ1) is 17.5. The van der Waals surface area contributed by atoms with Crippen molar-refractivity contribution in [3.63, 3.8) is 0 Å². The molecule has 0 amide bonds. The monoisotopic (exact) mass is 504 g/mol. The SMILES string of the molecule is CC(=O)OC[C@@H](C)[C@H]1CCC2=C3C=C[C@H]4C(C)(C)[C@@H](OC(=O)c5ccccc5)CC[C@]4(C)[C@H]3CC[C@@]21C. The van der Waals surface area contributed by atoms with Gasteiger partial charge in [0.2, 0.25) is 0 Å². The molecule has 4 aliphatic carbocycles. The number of fused-ring (bicyclic) bond motifs is 4. The lowest BCUT2D eigenvalue weighted by Gasteiger charge is -2.60. The van der Waals surface area contributed by atoms with Crippen LogP contribution in [0.15, 0.2) is 53.6 Å². The molecule has 0 heterocycles. The number of allylic oxidation sites excluding steroid dienone is 4. The van der Waals surface area contributed by atoms with Crippen molar-refractivity contribution in [3.8, 4) is 0 Å². The predicted octanol–water partition coefficient (Wildman–Crippen LogP) is 7.55. The van der Waals surface area contributed by atoms with Crippen molar-refractivity contribution in [2.24, 2.45) is 39.9 Å². The number of benzene rings is 1. The number of hydrogen-bond donors (Lipinski definition) is 0. The smallest absolute Gasteiger partial charge is 0.338 e. The quantitative estimate of drug-likeness (QED) is 0.389. The normalized spacial score (nSPS) is 36.7. The van der Waals surface area contributed by atoms with Crippen LogP contribution in [0.2, 0.25) is 0 Å². The summed E-state index contributed by atoms with van der Waals surface area (Å²) in [6, 6.07) is 9.37. The Morgan fingerprint density at radius 1 is 1.03 bits per heavy atom. The molecule has 5 rings (SSSR count). The van der Waals surface area contributed by atoms with Gasteiger partial charge in [0.25, 0.3) is 0 Å². The van der Waals surface area contributed by atoms with Gasteiger partial charge in [-0.3, -0.25) is 4.79 Å². The molecule has 0 aromatic heterocycles. The van der Waals surface area contributed by atoms with E-state index in [0.717, 1.165) is 19.3 Å². The van der Waals surface area contributed by atoms with Crippen molar-refractivity contribution >= 4 is 11.9 Å². The molecule has 4 aliphatic rings. The molecule has 1 aromatic carbocycles. The summed E-state index contributed by atoms with van der Waals surface area (Å²) in [7, 11) is 0. The third kappa shape index (κ3) is 4.29. The van der Waals surface area contributed by atoms with Gasteiger partial charge >= 0.3 is 11.9 Å². The average Bonchev–Trinajstić information content (AvgIpc) is 3.22. The average molecular weight is 505 g/mol. The molecular formula is C33H44O4. The summed E-state index contributed by atoms with van der Waals surface area (Å²) in [5.74, 6) is 1.45. The van der Waals surface area contributed by atoms with E-state index in [4.69, 9.17) is 9.47 Å². The fraction of sp³-hybridized carbons (Fsp3) is 0.636. The highest BCUT2D eigenvalue weighted by atomic mass is 16.5. The molecule has 0 N–H and O–H groups in total. The zero-order valence-electron chi connectivity index (χ0n) is 23.5. The minimum Gasteiger partial charge on any atom is -0.466 e. The molecule has 4 nitrogen and oxygen atoms in total. The standard InChI is InChI=1S/C33H44O4/c1-21(20-36-22(2)34)25-13-14-26-24-12-15-28-31(3,4)29(37-30(35)23-10-8-7-9-11-23)17-19-33(28,6)27(24)16-18-32(25,26)5/h7-12,15,21,25,27-29H,13-14,16-20H2,1-6H3/t21-,25-,27+,28+,29+,32-,33-/m1/s1. The van der Waals surface area contributed by atoms with Gasteiger partial charge in [-0.25, -0.2) is 4.79 Å². The van der Waals surface area contributed by atoms with Crippen LogP contribution < -0.4 is 0 Å². The van der Waals surface area contributed by atoms with Gasteiger partial charge in [-0.2, -0.15) is 0 Å². The van der Waals surface area contributed by atoms with Crippen LogP contribution in [0.3, 0.4) is 0 Å². The largest absolute Gasteiger partial charge is 0.466 e. The molecule has 2 fully saturated rings. The van der Waals surface area contributed by atoms with Gasteiger partial charge in [0, 0.05) is 12.3 Å². The van der Waals surface area contributed by atoms with E-state index in [9.17, 15) is 9.59 Å². The van der Waals surface area contributed by atoms with Crippen LogP contribution in [0.1, 0.15) is 90.4 Å². The second-order valence-corrected chi connectivity index (χ2v) is 13.3. The van der Waals surface area contributed by atoms with E-state index in [1.807, 2.05) is 30.3 Å². The maximum atomic E-state index is 12.9. The second-order valence-electron chi connectivity index (χ2n) is 13.3. The fourth-order valence-corrected chi connectivity index (χ4v) is 8.99. The summed E-state index contributed by atoms with van der Waals surface area (Å²) in [4.78, 5) is 24.3. The van der Waals surface area contributed by atoms with Crippen molar-refractivity contribution in [1.82, 2.24) is 0 Å². The summed E-state index contributed by atoms with van der Waals surface area (Å²) in [6.07, 6.45) is 11.5. The van der Waals surface area contributed by atoms with E-state index in [2.05, 4.69) is 46.8 Å². The highest BCUT2D eigenvalue weighted by Gasteiger charge is 2.59. The summed E-state index contributed by atoms with van der Waals surface area (Å²) in [5.41, 5.74) is 4.10. The molecule has 0 aliphatic heterocycles. The lowest BCUT2D eigenvalue weighted by Crippen LogP contribution is -2.55. The lowest BCUT2D eigenvalue weighted by molar-refractivity contribution is -0.143. The van der Waals surface area contributed by atoms with E-state index in [1.54, 1.807) is 11.1 Å². The number of ether oxygens (including phenoxy) is 2. The number of carbonyl (C=O) groups excluding carboxylic acids is 2. The zero-order valence-corrected chi connectivity index (χ0v) is 23.5. The number of esters is 2. The Morgan fingerprint density at radius 2 is 1.76 bits per heavy atom. The van der Waals surface area contributed by atoms with E-state index in [1.165, 1.54) is 26.2 Å². The van der Waals surface area contributed by atoms with Gasteiger partial charge in [-0.15, -0.1) is 0 Å². The highest BCUT2D eigenvalue weighted by Crippen LogP contribution is 2.66. The van der Waals surface area contributed by atoms with Crippen molar-refractivity contribution in [3.05, 3.63) is 59.2 Å². The Kier molecular flexibility index (Phi) is 6.69. The predicted molar refractivity (Wildman–Crippen MR) is 146 cm³/mol. The summed E-state index contributed by atoms with van der Waals surface area (Å²) in [6.45, 7) is 13.9. The van der Waals surface area contributed by atoms with E-state index in [-0.39, 0.29) is 34.3 Å². The molecule has 200 valence electrons. The molecule has 0 spiro atoms. The Balaban J connectivity index is 1.40. The molecule has 0 unspecified atom stereocenters. The molecule has 0 saturated heterocycles. The van der Waals surface area contributed by atoms with Gasteiger partial charge in [0.1, 0.15) is 6.10 Å².